The highest BCUT2D eigenvalue weighted by atomic mass is 16.3. The second-order valence-electron chi connectivity index (χ2n) is 4.59. The number of anilines is 2. The maximum absolute atomic E-state index is 11.8. The highest BCUT2D eigenvalue weighted by Crippen LogP contribution is 2.27. The summed E-state index contributed by atoms with van der Waals surface area (Å²) in [5.41, 5.74) is 0.558. The number of carbonyl (C=O) groups excluding carboxylic acids is 2. The number of nitrogens with one attached hydrogen (secondary N) is 2. The summed E-state index contributed by atoms with van der Waals surface area (Å²) in [6.07, 6.45) is 2.77. The molecule has 0 fully saturated rings. The van der Waals surface area contributed by atoms with Crippen molar-refractivity contribution in [2.24, 2.45) is 0 Å². The molecule has 0 spiro atoms. The van der Waals surface area contributed by atoms with Gasteiger partial charge in [0.15, 0.2) is 11.5 Å². The highest BCUT2D eigenvalue weighted by molar-refractivity contribution is 6.04. The molecule has 2 heterocycles. The standard InChI is InChI=1S/C16H12N2O5/c19-12-9-10(17-15(20)13-3-1-7-22-13)5-6-11(12)18-16(21)14-4-2-8-23-14/h1-9,19H,(H,17,20)(H,18,21). The van der Waals surface area contributed by atoms with Crippen LogP contribution in [0, 0.1) is 0 Å². The van der Waals surface area contributed by atoms with Crippen LogP contribution in [0.4, 0.5) is 11.4 Å². The van der Waals surface area contributed by atoms with Gasteiger partial charge in [-0.3, -0.25) is 9.59 Å². The van der Waals surface area contributed by atoms with E-state index >= 15 is 0 Å². The first kappa shape index (κ1) is 14.5. The summed E-state index contributed by atoms with van der Waals surface area (Å²) in [7, 11) is 0. The minimum absolute atomic E-state index is 0.125. The normalized spacial score (nSPS) is 10.3. The van der Waals surface area contributed by atoms with Gasteiger partial charge in [-0.15, -0.1) is 0 Å². The molecular formula is C16H12N2O5. The zero-order chi connectivity index (χ0) is 16.2. The van der Waals surface area contributed by atoms with Gasteiger partial charge in [-0.2, -0.15) is 0 Å². The molecule has 3 aromatic rings. The van der Waals surface area contributed by atoms with Gasteiger partial charge in [0.25, 0.3) is 11.8 Å². The lowest BCUT2D eigenvalue weighted by Crippen LogP contribution is -2.12. The Morgan fingerprint density at radius 3 is 2.00 bits per heavy atom. The molecule has 0 atom stereocenters. The Labute approximate surface area is 130 Å². The number of hydrogen-bond donors (Lipinski definition) is 3. The van der Waals surface area contributed by atoms with Crippen molar-refractivity contribution in [2.75, 3.05) is 10.6 Å². The molecular weight excluding hydrogens is 300 g/mol. The topological polar surface area (TPSA) is 105 Å². The number of carbonyl (C=O) groups is 2. The van der Waals surface area contributed by atoms with Crippen LogP contribution in [0.1, 0.15) is 21.1 Å². The number of benzene rings is 1. The predicted octanol–water partition coefficient (Wildman–Crippen LogP) is 3.08. The van der Waals surface area contributed by atoms with E-state index in [2.05, 4.69) is 10.6 Å². The number of rotatable bonds is 4. The zero-order valence-electron chi connectivity index (χ0n) is 11.8. The number of aromatic hydroxyl groups is 1. The molecule has 1 aromatic carbocycles. The van der Waals surface area contributed by atoms with Crippen LogP contribution in [0.15, 0.2) is 63.8 Å². The summed E-state index contributed by atoms with van der Waals surface area (Å²) >= 11 is 0. The molecule has 0 bridgehead atoms. The molecule has 23 heavy (non-hydrogen) atoms. The van der Waals surface area contributed by atoms with Crippen LogP contribution in [0.3, 0.4) is 0 Å². The summed E-state index contributed by atoms with van der Waals surface area (Å²) in [4.78, 5) is 23.7. The third-order valence-electron chi connectivity index (χ3n) is 2.99. The minimum atomic E-state index is -0.488. The molecule has 116 valence electrons. The Kier molecular flexibility index (Phi) is 3.84. The van der Waals surface area contributed by atoms with Gasteiger partial charge in [-0.25, -0.2) is 0 Å². The van der Waals surface area contributed by atoms with Crippen molar-refractivity contribution in [1.29, 1.82) is 0 Å². The van der Waals surface area contributed by atoms with E-state index in [1.54, 1.807) is 12.1 Å². The number of furan rings is 2. The molecule has 0 aliphatic rings. The Morgan fingerprint density at radius 2 is 1.48 bits per heavy atom. The van der Waals surface area contributed by atoms with E-state index in [0.717, 1.165) is 0 Å². The minimum Gasteiger partial charge on any atom is -0.506 e. The largest absolute Gasteiger partial charge is 0.506 e. The number of phenolic OH excluding ortho intramolecular Hbond substituents is 1. The van der Waals surface area contributed by atoms with Crippen molar-refractivity contribution in [3.8, 4) is 5.75 Å². The van der Waals surface area contributed by atoms with Crippen LogP contribution in [-0.2, 0) is 0 Å². The first-order chi connectivity index (χ1) is 11.1. The van der Waals surface area contributed by atoms with Gasteiger partial charge in [0, 0.05) is 11.8 Å². The Morgan fingerprint density at radius 1 is 0.870 bits per heavy atom. The molecule has 3 N–H and O–H groups in total. The average molecular weight is 312 g/mol. The quantitative estimate of drug-likeness (QED) is 0.642. The number of phenols is 1. The van der Waals surface area contributed by atoms with Crippen LogP contribution >= 0.6 is 0 Å². The molecule has 0 saturated carbocycles. The molecule has 0 unspecified atom stereocenters. The van der Waals surface area contributed by atoms with Crippen molar-refractivity contribution in [1.82, 2.24) is 0 Å². The summed E-state index contributed by atoms with van der Waals surface area (Å²) in [6.45, 7) is 0. The maximum atomic E-state index is 11.8. The summed E-state index contributed by atoms with van der Waals surface area (Å²) in [5.74, 6) is -0.846. The lowest BCUT2D eigenvalue weighted by Gasteiger charge is -2.09. The van der Waals surface area contributed by atoms with Crippen LogP contribution in [0.5, 0.6) is 5.75 Å². The van der Waals surface area contributed by atoms with E-state index in [4.69, 9.17) is 8.83 Å². The van der Waals surface area contributed by atoms with E-state index < -0.39 is 11.8 Å². The van der Waals surface area contributed by atoms with Crippen LogP contribution in [0.25, 0.3) is 0 Å². The lowest BCUT2D eigenvalue weighted by molar-refractivity contribution is 0.0988. The molecule has 2 amide bonds. The Bertz CT molecular complexity index is 822. The highest BCUT2D eigenvalue weighted by Gasteiger charge is 2.13. The van der Waals surface area contributed by atoms with Crippen LogP contribution in [-0.4, -0.2) is 16.9 Å². The first-order valence-electron chi connectivity index (χ1n) is 6.66. The second-order valence-corrected chi connectivity index (χ2v) is 4.59. The fourth-order valence-electron chi connectivity index (χ4n) is 1.91. The predicted molar refractivity (Wildman–Crippen MR) is 81.4 cm³/mol. The molecule has 7 heteroatoms. The Hall–Kier alpha value is -3.48. The monoisotopic (exact) mass is 312 g/mol. The number of hydrogen-bond acceptors (Lipinski definition) is 5. The van der Waals surface area contributed by atoms with Gasteiger partial charge in [-0.05, 0) is 36.4 Å². The molecule has 7 nitrogen and oxygen atoms in total. The van der Waals surface area contributed by atoms with E-state index in [1.165, 1.54) is 42.9 Å². The number of amides is 2. The van der Waals surface area contributed by atoms with E-state index in [1.807, 2.05) is 0 Å². The zero-order valence-corrected chi connectivity index (χ0v) is 11.8. The smallest absolute Gasteiger partial charge is 0.291 e. The van der Waals surface area contributed by atoms with Gasteiger partial charge < -0.3 is 24.6 Å². The molecule has 0 aliphatic heterocycles. The second kappa shape index (κ2) is 6.10. The Balaban J connectivity index is 1.71. The lowest BCUT2D eigenvalue weighted by atomic mass is 10.2. The van der Waals surface area contributed by atoms with Crippen LogP contribution < -0.4 is 10.6 Å². The van der Waals surface area contributed by atoms with E-state index in [9.17, 15) is 14.7 Å². The SMILES string of the molecule is O=C(Nc1ccc(NC(=O)c2ccco2)c(O)c1)c1ccco1. The summed E-state index contributed by atoms with van der Waals surface area (Å²) in [6, 6.07) is 10.5. The molecule has 0 radical (unpaired) electrons. The summed E-state index contributed by atoms with van der Waals surface area (Å²) in [5, 5.41) is 15.0. The molecule has 0 aliphatic carbocycles. The van der Waals surface area contributed by atoms with Gasteiger partial charge in [0.05, 0.1) is 18.2 Å². The summed E-state index contributed by atoms with van der Waals surface area (Å²) < 4.78 is 9.94. The fourth-order valence-corrected chi connectivity index (χ4v) is 1.91. The van der Waals surface area contributed by atoms with Gasteiger partial charge in [0.1, 0.15) is 5.75 Å². The third kappa shape index (κ3) is 3.24. The van der Waals surface area contributed by atoms with Crippen molar-refractivity contribution in [3.63, 3.8) is 0 Å². The molecule has 3 rings (SSSR count). The van der Waals surface area contributed by atoms with Crippen molar-refractivity contribution in [2.45, 2.75) is 0 Å². The van der Waals surface area contributed by atoms with Crippen molar-refractivity contribution in [3.05, 3.63) is 66.5 Å². The van der Waals surface area contributed by atoms with Gasteiger partial charge in [-0.1, -0.05) is 0 Å². The van der Waals surface area contributed by atoms with Crippen molar-refractivity contribution >= 4 is 23.2 Å². The third-order valence-corrected chi connectivity index (χ3v) is 2.99. The van der Waals surface area contributed by atoms with Crippen LogP contribution in [0.2, 0.25) is 0 Å². The van der Waals surface area contributed by atoms with E-state index in [-0.39, 0.29) is 23.0 Å². The molecule has 2 aromatic heterocycles. The molecule has 0 saturated heterocycles. The van der Waals surface area contributed by atoms with Gasteiger partial charge >= 0.3 is 0 Å². The maximum Gasteiger partial charge on any atom is 0.291 e. The average Bonchev–Trinajstić information content (AvgIpc) is 3.23. The van der Waals surface area contributed by atoms with E-state index in [0.29, 0.717) is 5.69 Å². The van der Waals surface area contributed by atoms with Gasteiger partial charge in [0.2, 0.25) is 0 Å². The first-order valence-corrected chi connectivity index (χ1v) is 6.66. The fraction of sp³-hybridized carbons (Fsp3) is 0. The van der Waals surface area contributed by atoms with Crippen molar-refractivity contribution < 1.29 is 23.5 Å².